The predicted octanol–water partition coefficient (Wildman–Crippen LogP) is 6.41. The molecule has 37 heavy (non-hydrogen) atoms. The number of rotatable bonds is 6. The van der Waals surface area contributed by atoms with Crippen molar-refractivity contribution in [3.8, 4) is 0 Å². The molecule has 198 valence electrons. The van der Waals surface area contributed by atoms with Crippen molar-refractivity contribution in [3.05, 3.63) is 76.7 Å². The number of nitrogens with one attached hydrogen (secondary N) is 2. The van der Waals surface area contributed by atoms with E-state index >= 15 is 0 Å². The third-order valence-corrected chi connectivity index (χ3v) is 9.29. The van der Waals surface area contributed by atoms with E-state index in [9.17, 15) is 9.90 Å². The van der Waals surface area contributed by atoms with Crippen molar-refractivity contribution in [1.29, 1.82) is 0 Å². The van der Waals surface area contributed by atoms with Crippen LogP contribution in [0.1, 0.15) is 89.7 Å². The quantitative estimate of drug-likeness (QED) is 0.422. The number of allylic oxidation sites excluding steroid dienone is 4. The van der Waals surface area contributed by atoms with Crippen LogP contribution >= 0.6 is 0 Å². The van der Waals surface area contributed by atoms with Crippen LogP contribution in [0.15, 0.2) is 65.5 Å². The maximum absolute atomic E-state index is 12.2. The molecule has 2 saturated carbocycles. The summed E-state index contributed by atoms with van der Waals surface area (Å²) in [6.07, 6.45) is 12.7. The second-order valence-electron chi connectivity index (χ2n) is 13.0. The van der Waals surface area contributed by atoms with Gasteiger partial charge in [0.1, 0.15) is 0 Å². The van der Waals surface area contributed by atoms with E-state index in [2.05, 4.69) is 81.3 Å². The molecular formula is C33H44N2O2. The third kappa shape index (κ3) is 5.23. The highest BCUT2D eigenvalue weighted by molar-refractivity contribution is 5.93. The first-order chi connectivity index (χ1) is 17.5. The highest BCUT2D eigenvalue weighted by atomic mass is 16.3. The Bertz CT molecular complexity index is 1150. The van der Waals surface area contributed by atoms with E-state index in [1.54, 1.807) is 5.57 Å². The minimum atomic E-state index is -0.214. The Morgan fingerprint density at radius 1 is 1.14 bits per heavy atom. The molecule has 0 amide bonds. The number of aliphatic hydroxyl groups is 1. The predicted molar refractivity (Wildman–Crippen MR) is 152 cm³/mol. The summed E-state index contributed by atoms with van der Waals surface area (Å²) >= 11 is 0. The second-order valence-corrected chi connectivity index (χ2v) is 13.0. The monoisotopic (exact) mass is 500 g/mol. The van der Waals surface area contributed by atoms with Gasteiger partial charge in [-0.3, -0.25) is 4.79 Å². The van der Waals surface area contributed by atoms with Crippen LogP contribution in [0.4, 0.5) is 0 Å². The molecule has 4 nitrogen and oxygen atoms in total. The lowest BCUT2D eigenvalue weighted by molar-refractivity contribution is -0.114. The number of benzene rings is 1. The maximum Gasteiger partial charge on any atom is 0.156 e. The topological polar surface area (TPSA) is 61.4 Å². The molecule has 0 aliphatic heterocycles. The Kier molecular flexibility index (Phi) is 7.00. The second kappa shape index (κ2) is 9.94. The van der Waals surface area contributed by atoms with Gasteiger partial charge in [-0.25, -0.2) is 0 Å². The van der Waals surface area contributed by atoms with E-state index < -0.39 is 0 Å². The lowest BCUT2D eigenvalue weighted by atomic mass is 9.53. The standard InChI is InChI=1S/C33H44N2O2/c1-21(35-32(2,3)4)34-18-6-7-22-8-10-23(11-9-22)28-20-33(5)29(16-17-30(33)37)27-14-12-24-19-25(36)13-15-26(24)31(27)28/h6-11,19,27-30,34-35,37H,1,12-18,20H2,2-5H3/b7-6+. The maximum atomic E-state index is 12.2. The molecule has 4 aliphatic carbocycles. The van der Waals surface area contributed by atoms with Gasteiger partial charge in [0.25, 0.3) is 0 Å². The first-order valence-corrected chi connectivity index (χ1v) is 14.2. The van der Waals surface area contributed by atoms with Crippen molar-refractivity contribution in [2.75, 3.05) is 6.54 Å². The van der Waals surface area contributed by atoms with Gasteiger partial charge in [0, 0.05) is 24.4 Å². The number of carbonyl (C=O) groups is 1. The summed E-state index contributed by atoms with van der Waals surface area (Å²) < 4.78 is 0. The molecule has 4 aliphatic rings. The van der Waals surface area contributed by atoms with Crippen LogP contribution in [-0.2, 0) is 4.79 Å². The summed E-state index contributed by atoms with van der Waals surface area (Å²) in [6.45, 7) is 13.5. The Labute approximate surface area is 223 Å². The lowest BCUT2D eigenvalue weighted by Gasteiger charge is -2.52. The minimum absolute atomic E-state index is 0.00821. The molecule has 0 aromatic heterocycles. The van der Waals surface area contributed by atoms with Crippen LogP contribution in [-0.4, -0.2) is 29.1 Å². The summed E-state index contributed by atoms with van der Waals surface area (Å²) in [7, 11) is 0. The van der Waals surface area contributed by atoms with E-state index in [1.165, 1.54) is 22.3 Å². The normalized spacial score (nSPS) is 31.5. The van der Waals surface area contributed by atoms with Crippen molar-refractivity contribution in [3.63, 3.8) is 0 Å². The zero-order valence-electron chi connectivity index (χ0n) is 23.1. The summed E-state index contributed by atoms with van der Waals surface area (Å²) in [5.41, 5.74) is 6.86. The van der Waals surface area contributed by atoms with E-state index in [0.29, 0.717) is 24.2 Å². The molecule has 0 radical (unpaired) electrons. The van der Waals surface area contributed by atoms with Gasteiger partial charge >= 0.3 is 0 Å². The molecule has 4 heteroatoms. The Balaban J connectivity index is 1.38. The number of ketones is 1. The number of carbonyl (C=O) groups excluding carboxylic acids is 1. The van der Waals surface area contributed by atoms with E-state index in [0.717, 1.165) is 50.9 Å². The van der Waals surface area contributed by atoms with Gasteiger partial charge in [-0.2, -0.15) is 0 Å². The van der Waals surface area contributed by atoms with Crippen molar-refractivity contribution in [1.82, 2.24) is 10.6 Å². The largest absolute Gasteiger partial charge is 0.393 e. The first kappa shape index (κ1) is 26.0. The van der Waals surface area contributed by atoms with Gasteiger partial charge in [0.15, 0.2) is 5.78 Å². The fraction of sp³-hybridized carbons (Fsp3) is 0.545. The first-order valence-electron chi connectivity index (χ1n) is 14.2. The molecule has 0 saturated heterocycles. The van der Waals surface area contributed by atoms with Gasteiger partial charge in [-0.1, -0.05) is 55.5 Å². The van der Waals surface area contributed by atoms with Crippen LogP contribution in [0, 0.1) is 17.3 Å². The van der Waals surface area contributed by atoms with Crippen molar-refractivity contribution in [2.45, 2.75) is 90.2 Å². The lowest BCUT2D eigenvalue weighted by Crippen LogP contribution is -2.45. The molecular weight excluding hydrogens is 456 g/mol. The average molecular weight is 501 g/mol. The molecule has 0 spiro atoms. The van der Waals surface area contributed by atoms with Gasteiger partial charge in [0.05, 0.1) is 11.9 Å². The molecule has 3 N–H and O–H groups in total. The number of fused-ring (bicyclic) bond motifs is 4. The summed E-state index contributed by atoms with van der Waals surface area (Å²) in [6, 6.07) is 9.02. The Morgan fingerprint density at radius 2 is 1.89 bits per heavy atom. The third-order valence-electron chi connectivity index (χ3n) is 9.29. The van der Waals surface area contributed by atoms with Crippen molar-refractivity contribution in [2.24, 2.45) is 17.3 Å². The smallest absolute Gasteiger partial charge is 0.156 e. The van der Waals surface area contributed by atoms with Gasteiger partial charge in [0.2, 0.25) is 0 Å². The zero-order chi connectivity index (χ0) is 26.4. The summed E-state index contributed by atoms with van der Waals surface area (Å²) in [5.74, 6) is 2.52. The zero-order valence-corrected chi connectivity index (χ0v) is 23.1. The van der Waals surface area contributed by atoms with Crippen LogP contribution in [0.25, 0.3) is 6.08 Å². The van der Waals surface area contributed by atoms with Crippen LogP contribution in [0.2, 0.25) is 0 Å². The molecule has 0 bridgehead atoms. The average Bonchev–Trinajstić information content (AvgIpc) is 3.14. The van der Waals surface area contributed by atoms with E-state index in [-0.39, 0.29) is 22.8 Å². The number of aliphatic hydroxyl groups excluding tert-OH is 1. The van der Waals surface area contributed by atoms with Crippen LogP contribution in [0.5, 0.6) is 0 Å². The van der Waals surface area contributed by atoms with Gasteiger partial charge in [-0.15, -0.1) is 0 Å². The van der Waals surface area contributed by atoms with Gasteiger partial charge in [-0.05, 0) is 105 Å². The molecule has 2 fully saturated rings. The molecule has 5 unspecified atom stereocenters. The van der Waals surface area contributed by atoms with Crippen LogP contribution in [0.3, 0.4) is 0 Å². The summed E-state index contributed by atoms with van der Waals surface area (Å²) in [5, 5.41) is 17.7. The molecule has 1 aromatic carbocycles. The van der Waals surface area contributed by atoms with Crippen molar-refractivity contribution < 1.29 is 9.90 Å². The highest BCUT2D eigenvalue weighted by Crippen LogP contribution is 2.63. The number of hydrogen-bond acceptors (Lipinski definition) is 4. The van der Waals surface area contributed by atoms with E-state index in [1.807, 2.05) is 6.08 Å². The molecule has 5 rings (SSSR count). The number of hydrogen-bond donors (Lipinski definition) is 3. The SMILES string of the molecule is C=C(NC/C=C/c1ccc(C2CC3(C)C(O)CCC3C3CCC4=CC(=O)CCC4=C23)cc1)NC(C)(C)C. The molecule has 0 heterocycles. The van der Waals surface area contributed by atoms with Crippen LogP contribution < -0.4 is 10.6 Å². The molecule has 5 atom stereocenters. The van der Waals surface area contributed by atoms with Gasteiger partial charge < -0.3 is 15.7 Å². The minimum Gasteiger partial charge on any atom is -0.393 e. The Morgan fingerprint density at radius 3 is 2.62 bits per heavy atom. The highest BCUT2D eigenvalue weighted by Gasteiger charge is 2.56. The molecule has 1 aromatic rings. The Hall–Kier alpha value is -2.59. The summed E-state index contributed by atoms with van der Waals surface area (Å²) in [4.78, 5) is 12.2. The fourth-order valence-corrected chi connectivity index (χ4v) is 7.64. The van der Waals surface area contributed by atoms with Crippen molar-refractivity contribution >= 4 is 11.9 Å². The van der Waals surface area contributed by atoms with E-state index in [4.69, 9.17) is 0 Å². The fourth-order valence-electron chi connectivity index (χ4n) is 7.64.